The molecular weight excluding hydrogens is 342 g/mol. The van der Waals surface area contributed by atoms with E-state index in [1.54, 1.807) is 30.7 Å². The molecule has 0 saturated heterocycles. The zero-order valence-electron chi connectivity index (χ0n) is 14.0. The molecule has 1 aromatic carbocycles. The minimum absolute atomic E-state index is 0.302. The van der Waals surface area contributed by atoms with Crippen LogP contribution in [0.2, 0.25) is 0 Å². The highest BCUT2D eigenvalue weighted by atomic mass is 32.1. The average Bonchev–Trinajstić information content (AvgIpc) is 3.26. The molecule has 0 aliphatic heterocycles. The van der Waals surface area contributed by atoms with E-state index in [0.29, 0.717) is 29.4 Å². The maximum Gasteiger partial charge on any atom is 0.275 e. The summed E-state index contributed by atoms with van der Waals surface area (Å²) in [7, 11) is 5.47. The molecule has 1 N–H and O–H groups in total. The molecule has 3 rings (SSSR count). The van der Waals surface area contributed by atoms with Gasteiger partial charge in [-0.05, 0) is 36.7 Å². The normalized spacial score (nSPS) is 10.9. The van der Waals surface area contributed by atoms with Gasteiger partial charge in [0.2, 0.25) is 0 Å². The molecule has 2 aromatic heterocycles. The summed E-state index contributed by atoms with van der Waals surface area (Å²) < 4.78 is 6.70. The number of ether oxygens (including phenoxy) is 1. The van der Waals surface area contributed by atoms with Crippen LogP contribution in [0, 0.1) is 0 Å². The van der Waals surface area contributed by atoms with E-state index in [4.69, 9.17) is 4.74 Å². The van der Waals surface area contributed by atoms with Crippen LogP contribution in [0.1, 0.15) is 15.5 Å². The first kappa shape index (κ1) is 17.0. The molecule has 130 valence electrons. The third kappa shape index (κ3) is 3.98. The van der Waals surface area contributed by atoms with Crippen LogP contribution in [0.3, 0.4) is 0 Å². The van der Waals surface area contributed by atoms with Crippen molar-refractivity contribution in [3.05, 3.63) is 40.6 Å². The highest BCUT2D eigenvalue weighted by molar-refractivity contribution is 7.09. The summed E-state index contributed by atoms with van der Waals surface area (Å²) in [5.41, 5.74) is 1.52. The van der Waals surface area contributed by atoms with Gasteiger partial charge in [0.05, 0.1) is 18.5 Å². The number of nitrogens with zero attached hydrogens (tertiary/aromatic N) is 6. The summed E-state index contributed by atoms with van der Waals surface area (Å²) in [5.74, 6) is 0.308. The summed E-state index contributed by atoms with van der Waals surface area (Å²) >= 11 is 1.45. The van der Waals surface area contributed by atoms with Gasteiger partial charge in [0.15, 0.2) is 0 Å². The fourth-order valence-electron chi connectivity index (χ4n) is 2.16. The summed E-state index contributed by atoms with van der Waals surface area (Å²) in [4.78, 5) is 18.9. The molecule has 25 heavy (non-hydrogen) atoms. The fraction of sp³-hybridized carbons (Fsp3) is 0.267. The summed E-state index contributed by atoms with van der Waals surface area (Å²) in [5, 5.41) is 16.6. The van der Waals surface area contributed by atoms with Crippen molar-refractivity contribution < 1.29 is 9.53 Å². The molecule has 0 aliphatic carbocycles. The molecule has 1 amide bonds. The minimum atomic E-state index is -0.302. The van der Waals surface area contributed by atoms with Crippen LogP contribution in [0.4, 0.5) is 5.69 Å². The number of thiazole rings is 1. The Hall–Kier alpha value is -2.85. The third-order valence-electron chi connectivity index (χ3n) is 3.28. The molecule has 0 aliphatic rings. The number of rotatable bonds is 6. The molecule has 0 atom stereocenters. The van der Waals surface area contributed by atoms with Crippen molar-refractivity contribution in [3.63, 3.8) is 0 Å². The summed E-state index contributed by atoms with van der Waals surface area (Å²) in [6.45, 7) is 0.687. The Kier molecular flexibility index (Phi) is 5.00. The van der Waals surface area contributed by atoms with Crippen molar-refractivity contribution in [3.8, 4) is 11.4 Å². The van der Waals surface area contributed by atoms with Crippen LogP contribution < -0.4 is 10.1 Å². The zero-order valence-corrected chi connectivity index (χ0v) is 14.8. The van der Waals surface area contributed by atoms with Crippen molar-refractivity contribution >= 4 is 22.9 Å². The zero-order chi connectivity index (χ0) is 17.8. The number of aromatic nitrogens is 5. The van der Waals surface area contributed by atoms with Crippen molar-refractivity contribution in [1.29, 1.82) is 0 Å². The second-order valence-corrected chi connectivity index (χ2v) is 6.40. The molecule has 0 spiro atoms. The van der Waals surface area contributed by atoms with Gasteiger partial charge in [-0.3, -0.25) is 4.79 Å². The SMILES string of the molecule is COc1ccc(-n2cnnn2)c(NC(=O)c2csc(CN(C)C)n2)c1. The first-order valence-corrected chi connectivity index (χ1v) is 8.26. The van der Waals surface area contributed by atoms with E-state index >= 15 is 0 Å². The van der Waals surface area contributed by atoms with Crippen molar-refractivity contribution in [2.75, 3.05) is 26.5 Å². The van der Waals surface area contributed by atoms with E-state index in [1.165, 1.54) is 22.3 Å². The predicted molar refractivity (Wildman–Crippen MR) is 93.2 cm³/mol. The van der Waals surface area contributed by atoms with E-state index in [-0.39, 0.29) is 5.91 Å². The maximum atomic E-state index is 12.6. The number of carbonyl (C=O) groups is 1. The molecule has 9 nitrogen and oxygen atoms in total. The average molecular weight is 359 g/mol. The number of benzene rings is 1. The van der Waals surface area contributed by atoms with E-state index in [9.17, 15) is 4.79 Å². The lowest BCUT2D eigenvalue weighted by atomic mass is 10.2. The highest BCUT2D eigenvalue weighted by Crippen LogP contribution is 2.26. The maximum absolute atomic E-state index is 12.6. The number of nitrogens with one attached hydrogen (secondary N) is 1. The smallest absolute Gasteiger partial charge is 0.275 e. The molecule has 0 fully saturated rings. The van der Waals surface area contributed by atoms with Gasteiger partial charge in [-0.25, -0.2) is 4.98 Å². The Morgan fingerprint density at radius 1 is 1.40 bits per heavy atom. The summed E-state index contributed by atoms with van der Waals surface area (Å²) in [6.07, 6.45) is 1.45. The Labute approximate surface area is 148 Å². The Morgan fingerprint density at radius 3 is 2.92 bits per heavy atom. The summed E-state index contributed by atoms with van der Waals surface area (Å²) in [6, 6.07) is 5.25. The molecule has 10 heteroatoms. The molecule has 2 heterocycles. The van der Waals surface area contributed by atoms with Crippen molar-refractivity contribution in [2.45, 2.75) is 6.54 Å². The van der Waals surface area contributed by atoms with E-state index in [2.05, 4.69) is 25.8 Å². The van der Waals surface area contributed by atoms with Gasteiger partial charge in [0.1, 0.15) is 22.8 Å². The van der Waals surface area contributed by atoms with Crippen LogP contribution in [-0.4, -0.2) is 57.2 Å². The van der Waals surface area contributed by atoms with Gasteiger partial charge < -0.3 is 15.0 Å². The number of methoxy groups -OCH3 is 1. The van der Waals surface area contributed by atoms with Crippen LogP contribution in [0.25, 0.3) is 5.69 Å². The second-order valence-electron chi connectivity index (χ2n) is 5.46. The van der Waals surface area contributed by atoms with Crippen LogP contribution >= 0.6 is 11.3 Å². The largest absolute Gasteiger partial charge is 0.497 e. The highest BCUT2D eigenvalue weighted by Gasteiger charge is 2.15. The van der Waals surface area contributed by atoms with Gasteiger partial charge in [-0.2, -0.15) is 4.68 Å². The lowest BCUT2D eigenvalue weighted by Crippen LogP contribution is -2.15. The number of hydrogen-bond donors (Lipinski definition) is 1. The first-order valence-electron chi connectivity index (χ1n) is 7.38. The van der Waals surface area contributed by atoms with Crippen LogP contribution in [0.5, 0.6) is 5.75 Å². The van der Waals surface area contributed by atoms with Gasteiger partial charge in [0.25, 0.3) is 5.91 Å². The van der Waals surface area contributed by atoms with Gasteiger partial charge >= 0.3 is 0 Å². The predicted octanol–water partition coefficient (Wildman–Crippen LogP) is 1.44. The van der Waals surface area contributed by atoms with Crippen LogP contribution in [0.15, 0.2) is 29.9 Å². The number of tetrazole rings is 1. The molecular formula is C15H17N7O2S. The van der Waals surface area contributed by atoms with E-state index in [0.717, 1.165) is 5.01 Å². The van der Waals surface area contributed by atoms with Crippen LogP contribution in [-0.2, 0) is 6.54 Å². The number of amides is 1. The topological polar surface area (TPSA) is 98.1 Å². The molecule has 3 aromatic rings. The van der Waals surface area contributed by atoms with Crippen molar-refractivity contribution in [1.82, 2.24) is 30.1 Å². The lowest BCUT2D eigenvalue weighted by molar-refractivity contribution is 0.102. The molecule has 0 unspecified atom stereocenters. The number of anilines is 1. The Morgan fingerprint density at radius 2 is 2.24 bits per heavy atom. The molecule has 0 saturated carbocycles. The third-order valence-corrected chi connectivity index (χ3v) is 4.12. The monoisotopic (exact) mass is 359 g/mol. The van der Waals surface area contributed by atoms with E-state index in [1.807, 2.05) is 19.0 Å². The first-order chi connectivity index (χ1) is 12.1. The Balaban J connectivity index is 1.86. The minimum Gasteiger partial charge on any atom is -0.497 e. The van der Waals surface area contributed by atoms with E-state index < -0.39 is 0 Å². The van der Waals surface area contributed by atoms with Gasteiger partial charge in [0, 0.05) is 18.0 Å². The molecule has 0 radical (unpaired) electrons. The standard InChI is InChI=1S/C15H17N7O2S/c1-21(2)7-14-17-12(8-25-14)15(23)18-11-6-10(24-3)4-5-13(11)22-9-16-19-20-22/h4-6,8-9H,7H2,1-3H3,(H,18,23). The fourth-order valence-corrected chi connectivity index (χ4v) is 3.05. The second kappa shape index (κ2) is 7.36. The lowest BCUT2D eigenvalue weighted by Gasteiger charge is -2.11. The number of carbonyl (C=O) groups excluding carboxylic acids is 1. The Bertz CT molecular complexity index is 861. The van der Waals surface area contributed by atoms with Crippen molar-refractivity contribution in [2.24, 2.45) is 0 Å². The van der Waals surface area contributed by atoms with Gasteiger partial charge in [-0.15, -0.1) is 16.4 Å². The quantitative estimate of drug-likeness (QED) is 0.711. The van der Waals surface area contributed by atoms with Gasteiger partial charge in [-0.1, -0.05) is 0 Å². The molecule has 0 bridgehead atoms. The number of hydrogen-bond acceptors (Lipinski definition) is 8.